The number of anilines is 1. The predicted octanol–water partition coefficient (Wildman–Crippen LogP) is 5.07. The van der Waals surface area contributed by atoms with E-state index >= 15 is 0 Å². The third kappa shape index (κ3) is 4.60. The lowest BCUT2D eigenvalue weighted by Crippen LogP contribution is -2.28. The van der Waals surface area contributed by atoms with Crippen molar-refractivity contribution in [2.24, 2.45) is 0 Å². The molecule has 0 aliphatic carbocycles. The molecule has 0 aliphatic heterocycles. The highest BCUT2D eigenvalue weighted by molar-refractivity contribution is 9.10. The van der Waals surface area contributed by atoms with Crippen molar-refractivity contribution in [3.05, 3.63) is 64.1 Å². The first-order valence-corrected chi connectivity index (χ1v) is 8.04. The van der Waals surface area contributed by atoms with Crippen LogP contribution in [-0.4, -0.2) is 6.03 Å². The van der Waals surface area contributed by atoms with Gasteiger partial charge in [-0.2, -0.15) is 0 Å². The molecular weight excluding hydrogens is 340 g/mol. The van der Waals surface area contributed by atoms with Crippen molar-refractivity contribution in [2.45, 2.75) is 32.7 Å². The molecule has 2 N–H and O–H groups in total. The maximum Gasteiger partial charge on any atom is 0.319 e. The van der Waals surface area contributed by atoms with Gasteiger partial charge < -0.3 is 10.6 Å². The number of nitrogens with one attached hydrogen (secondary N) is 2. The minimum atomic E-state index is -0.209. The smallest absolute Gasteiger partial charge is 0.319 e. The first-order chi connectivity index (χ1) is 10.4. The number of hydrogen-bond acceptors (Lipinski definition) is 1. The van der Waals surface area contributed by atoms with E-state index in [0.29, 0.717) is 6.54 Å². The number of rotatable bonds is 3. The molecule has 4 heteroatoms. The highest BCUT2D eigenvalue weighted by Crippen LogP contribution is 2.23. The summed E-state index contributed by atoms with van der Waals surface area (Å²) in [7, 11) is 0. The number of carbonyl (C=O) groups excluding carboxylic acids is 1. The number of hydrogen-bond donors (Lipinski definition) is 2. The average Bonchev–Trinajstić information content (AvgIpc) is 2.46. The van der Waals surface area contributed by atoms with E-state index < -0.39 is 0 Å². The van der Waals surface area contributed by atoms with E-state index in [0.717, 1.165) is 15.7 Å². The second kappa shape index (κ2) is 6.97. The molecule has 2 rings (SSSR count). The van der Waals surface area contributed by atoms with Crippen LogP contribution in [0.5, 0.6) is 0 Å². The number of carbonyl (C=O) groups is 1. The Balaban J connectivity index is 1.91. The molecule has 0 fully saturated rings. The number of amides is 2. The number of halogens is 1. The molecule has 0 aliphatic rings. The summed E-state index contributed by atoms with van der Waals surface area (Å²) in [6.45, 7) is 6.98. The second-order valence-electron chi connectivity index (χ2n) is 6.23. The summed E-state index contributed by atoms with van der Waals surface area (Å²) in [6.07, 6.45) is 0. The molecule has 2 aromatic rings. The summed E-state index contributed by atoms with van der Waals surface area (Å²) < 4.78 is 0.991. The van der Waals surface area contributed by atoms with Gasteiger partial charge in [-0.05, 0) is 34.7 Å². The van der Waals surface area contributed by atoms with Crippen LogP contribution < -0.4 is 10.6 Å². The monoisotopic (exact) mass is 360 g/mol. The molecule has 3 nitrogen and oxygen atoms in total. The highest BCUT2D eigenvalue weighted by Gasteiger charge is 2.13. The predicted molar refractivity (Wildman–Crippen MR) is 95.1 cm³/mol. The fourth-order valence-electron chi connectivity index (χ4n) is 2.05. The van der Waals surface area contributed by atoms with Gasteiger partial charge in [-0.25, -0.2) is 4.79 Å². The molecule has 116 valence electrons. The van der Waals surface area contributed by atoms with Gasteiger partial charge in [-0.1, -0.05) is 67.0 Å². The van der Waals surface area contributed by atoms with Crippen LogP contribution in [0.2, 0.25) is 0 Å². The first kappa shape index (κ1) is 16.6. The molecule has 0 saturated heterocycles. The molecular formula is C18H21BrN2O. The normalized spacial score (nSPS) is 11.1. The summed E-state index contributed by atoms with van der Waals surface area (Å²) >= 11 is 3.47. The van der Waals surface area contributed by atoms with Crippen molar-refractivity contribution in [1.29, 1.82) is 0 Å². The fourth-order valence-corrected chi connectivity index (χ4v) is 2.47. The third-order valence-electron chi connectivity index (χ3n) is 3.41. The Hall–Kier alpha value is -1.81. The van der Waals surface area contributed by atoms with Crippen LogP contribution in [0.4, 0.5) is 10.5 Å². The molecule has 0 unspecified atom stereocenters. The zero-order valence-electron chi connectivity index (χ0n) is 13.1. The number of benzene rings is 2. The van der Waals surface area contributed by atoms with E-state index in [2.05, 4.69) is 47.3 Å². The number of urea groups is 1. The van der Waals surface area contributed by atoms with Crippen molar-refractivity contribution in [3.63, 3.8) is 0 Å². The van der Waals surface area contributed by atoms with E-state index in [4.69, 9.17) is 0 Å². The lowest BCUT2D eigenvalue weighted by molar-refractivity contribution is 0.251. The standard InChI is InChI=1S/C18H21BrN2O/c1-18(2,3)14-8-10-15(11-9-14)21-17(22)20-12-13-6-4-5-7-16(13)19/h4-11H,12H2,1-3H3,(H2,20,21,22). The Bertz CT molecular complexity index is 645. The lowest BCUT2D eigenvalue weighted by atomic mass is 9.87. The molecule has 2 amide bonds. The Morgan fingerprint density at radius 2 is 1.68 bits per heavy atom. The minimum absolute atomic E-state index is 0.111. The SMILES string of the molecule is CC(C)(C)c1ccc(NC(=O)NCc2ccccc2Br)cc1. The van der Waals surface area contributed by atoms with Gasteiger partial charge in [0.15, 0.2) is 0 Å². The van der Waals surface area contributed by atoms with Crippen molar-refractivity contribution in [3.8, 4) is 0 Å². The van der Waals surface area contributed by atoms with Gasteiger partial charge in [0, 0.05) is 16.7 Å². The maximum absolute atomic E-state index is 11.9. The average molecular weight is 361 g/mol. The summed E-state index contributed by atoms with van der Waals surface area (Å²) in [6, 6.07) is 15.6. The van der Waals surface area contributed by atoms with E-state index in [1.54, 1.807) is 0 Å². The first-order valence-electron chi connectivity index (χ1n) is 7.25. The van der Waals surface area contributed by atoms with E-state index in [1.807, 2.05) is 48.5 Å². The van der Waals surface area contributed by atoms with Crippen molar-refractivity contribution in [2.75, 3.05) is 5.32 Å². The summed E-state index contributed by atoms with van der Waals surface area (Å²) in [5, 5.41) is 5.70. The molecule has 0 heterocycles. The van der Waals surface area contributed by atoms with E-state index in [-0.39, 0.29) is 11.4 Å². The molecule has 2 aromatic carbocycles. The van der Waals surface area contributed by atoms with Crippen LogP contribution in [0, 0.1) is 0 Å². The molecule has 0 radical (unpaired) electrons. The zero-order chi connectivity index (χ0) is 16.2. The van der Waals surface area contributed by atoms with Gasteiger partial charge in [-0.15, -0.1) is 0 Å². The zero-order valence-corrected chi connectivity index (χ0v) is 14.7. The maximum atomic E-state index is 11.9. The summed E-state index contributed by atoms with van der Waals surface area (Å²) in [4.78, 5) is 11.9. The molecule has 0 spiro atoms. The van der Waals surface area contributed by atoms with Crippen LogP contribution in [0.1, 0.15) is 31.9 Å². The summed E-state index contributed by atoms with van der Waals surface area (Å²) in [5.74, 6) is 0. The van der Waals surface area contributed by atoms with Gasteiger partial charge >= 0.3 is 6.03 Å². The topological polar surface area (TPSA) is 41.1 Å². The van der Waals surface area contributed by atoms with Gasteiger partial charge in [0.1, 0.15) is 0 Å². The third-order valence-corrected chi connectivity index (χ3v) is 4.18. The lowest BCUT2D eigenvalue weighted by Gasteiger charge is -2.19. The van der Waals surface area contributed by atoms with Crippen molar-refractivity contribution >= 4 is 27.6 Å². The Labute approximate surface area is 140 Å². The Morgan fingerprint density at radius 1 is 1.05 bits per heavy atom. The Kier molecular flexibility index (Phi) is 5.24. The van der Waals surface area contributed by atoms with Crippen molar-refractivity contribution in [1.82, 2.24) is 5.32 Å². The highest BCUT2D eigenvalue weighted by atomic mass is 79.9. The van der Waals surface area contributed by atoms with Gasteiger partial charge in [-0.3, -0.25) is 0 Å². The second-order valence-corrected chi connectivity index (χ2v) is 7.08. The van der Waals surface area contributed by atoms with Crippen LogP contribution in [0.3, 0.4) is 0 Å². The fraction of sp³-hybridized carbons (Fsp3) is 0.278. The van der Waals surface area contributed by atoms with Crippen LogP contribution >= 0.6 is 15.9 Å². The molecule has 0 aromatic heterocycles. The van der Waals surface area contributed by atoms with Crippen LogP contribution in [-0.2, 0) is 12.0 Å². The quantitative estimate of drug-likeness (QED) is 0.788. The summed E-state index contributed by atoms with van der Waals surface area (Å²) in [5.41, 5.74) is 3.19. The molecule has 0 atom stereocenters. The van der Waals surface area contributed by atoms with Crippen LogP contribution in [0.25, 0.3) is 0 Å². The Morgan fingerprint density at radius 3 is 2.27 bits per heavy atom. The van der Waals surface area contributed by atoms with Crippen molar-refractivity contribution < 1.29 is 4.79 Å². The minimum Gasteiger partial charge on any atom is -0.334 e. The van der Waals surface area contributed by atoms with Gasteiger partial charge in [0.05, 0.1) is 0 Å². The van der Waals surface area contributed by atoms with Gasteiger partial charge in [0.25, 0.3) is 0 Å². The molecule has 0 saturated carbocycles. The van der Waals surface area contributed by atoms with Crippen LogP contribution in [0.15, 0.2) is 53.0 Å². The van der Waals surface area contributed by atoms with Gasteiger partial charge in [0.2, 0.25) is 0 Å². The van der Waals surface area contributed by atoms with E-state index in [1.165, 1.54) is 5.56 Å². The molecule has 22 heavy (non-hydrogen) atoms. The largest absolute Gasteiger partial charge is 0.334 e. The van der Waals surface area contributed by atoms with E-state index in [9.17, 15) is 4.79 Å². The molecule has 0 bridgehead atoms.